The molecule has 1 unspecified atom stereocenters. The van der Waals surface area contributed by atoms with E-state index in [0.717, 1.165) is 0 Å². The van der Waals surface area contributed by atoms with Crippen molar-refractivity contribution in [3.63, 3.8) is 0 Å². The van der Waals surface area contributed by atoms with E-state index in [4.69, 9.17) is 0 Å². The highest BCUT2D eigenvalue weighted by Crippen LogP contribution is 2.23. The van der Waals surface area contributed by atoms with Crippen LogP contribution in [-0.2, 0) is 4.79 Å². The van der Waals surface area contributed by atoms with Crippen LogP contribution in [0, 0.1) is 5.92 Å². The second-order valence-corrected chi connectivity index (χ2v) is 4.42. The molecular weight excluding hydrogens is 218 g/mol. The van der Waals surface area contributed by atoms with Gasteiger partial charge in [-0.3, -0.25) is 14.4 Å². The maximum atomic E-state index is 12.1. The van der Waals surface area contributed by atoms with Gasteiger partial charge in [-0.05, 0) is 14.1 Å². The summed E-state index contributed by atoms with van der Waals surface area (Å²) in [6.07, 6.45) is 0. The predicted molar refractivity (Wildman–Crippen MR) is 62.2 cm³/mol. The standard InChI is InChI=1S/C13H13NO3/c1-14(2)7-10-11(15)8-5-3-4-6-9(8)12(16)13(10)17/h3-6,10H,7H2,1-2H3. The lowest BCUT2D eigenvalue weighted by molar-refractivity contribution is -0.117. The summed E-state index contributed by atoms with van der Waals surface area (Å²) < 4.78 is 0. The van der Waals surface area contributed by atoms with Gasteiger partial charge in [-0.25, -0.2) is 0 Å². The van der Waals surface area contributed by atoms with Crippen molar-refractivity contribution in [3.05, 3.63) is 35.4 Å². The van der Waals surface area contributed by atoms with E-state index in [-0.39, 0.29) is 17.9 Å². The second-order valence-electron chi connectivity index (χ2n) is 4.42. The van der Waals surface area contributed by atoms with E-state index in [1.807, 2.05) is 0 Å². The van der Waals surface area contributed by atoms with Gasteiger partial charge in [0, 0.05) is 17.7 Å². The number of hydrogen-bond donors (Lipinski definition) is 0. The van der Waals surface area contributed by atoms with Gasteiger partial charge < -0.3 is 4.90 Å². The third kappa shape index (κ3) is 1.91. The van der Waals surface area contributed by atoms with Gasteiger partial charge in [0.25, 0.3) is 0 Å². The molecule has 0 aliphatic heterocycles. The summed E-state index contributed by atoms with van der Waals surface area (Å²) in [5.41, 5.74) is 0.599. The average Bonchev–Trinajstić information content (AvgIpc) is 2.31. The van der Waals surface area contributed by atoms with E-state index in [2.05, 4.69) is 0 Å². The summed E-state index contributed by atoms with van der Waals surface area (Å²) in [5.74, 6) is -2.25. The lowest BCUT2D eigenvalue weighted by Gasteiger charge is -2.23. The fourth-order valence-electron chi connectivity index (χ4n) is 2.02. The van der Waals surface area contributed by atoms with Gasteiger partial charge >= 0.3 is 0 Å². The first-order chi connectivity index (χ1) is 8.02. The molecule has 88 valence electrons. The molecule has 4 nitrogen and oxygen atoms in total. The number of benzene rings is 1. The van der Waals surface area contributed by atoms with Crippen LogP contribution in [0.25, 0.3) is 0 Å². The third-order valence-electron chi connectivity index (χ3n) is 2.84. The molecule has 1 aliphatic rings. The maximum Gasteiger partial charge on any atom is 0.230 e. The van der Waals surface area contributed by atoms with Crippen molar-refractivity contribution in [1.29, 1.82) is 0 Å². The molecule has 0 amide bonds. The molecule has 2 rings (SSSR count). The number of fused-ring (bicyclic) bond motifs is 1. The molecule has 0 heterocycles. The van der Waals surface area contributed by atoms with E-state index in [9.17, 15) is 14.4 Å². The molecule has 1 aromatic rings. The molecule has 0 aromatic heterocycles. The third-order valence-corrected chi connectivity index (χ3v) is 2.84. The molecule has 1 aromatic carbocycles. The Kier molecular flexibility index (Phi) is 2.90. The lowest BCUT2D eigenvalue weighted by Crippen LogP contribution is -2.42. The molecule has 1 aliphatic carbocycles. The normalized spacial score (nSPS) is 19.7. The SMILES string of the molecule is CN(C)CC1C(=O)C(=O)c2ccccc2C1=O. The van der Waals surface area contributed by atoms with Crippen molar-refractivity contribution in [1.82, 2.24) is 4.90 Å². The smallest absolute Gasteiger partial charge is 0.230 e. The Morgan fingerprint density at radius 3 is 2.18 bits per heavy atom. The van der Waals surface area contributed by atoms with Crippen LogP contribution >= 0.6 is 0 Å². The first kappa shape index (κ1) is 11.7. The summed E-state index contributed by atoms with van der Waals surface area (Å²) in [5, 5.41) is 0. The van der Waals surface area contributed by atoms with Crippen molar-refractivity contribution >= 4 is 17.3 Å². The molecule has 0 fully saturated rings. The van der Waals surface area contributed by atoms with Crippen LogP contribution in [0.1, 0.15) is 20.7 Å². The molecule has 1 atom stereocenters. The van der Waals surface area contributed by atoms with Gasteiger partial charge in [-0.2, -0.15) is 0 Å². The minimum atomic E-state index is -0.854. The van der Waals surface area contributed by atoms with Crippen LogP contribution in [0.4, 0.5) is 0 Å². The zero-order valence-corrected chi connectivity index (χ0v) is 9.77. The number of Topliss-reactive ketones (excluding diaryl/α,β-unsaturated/α-hetero) is 3. The summed E-state index contributed by atoms with van der Waals surface area (Å²) in [4.78, 5) is 37.5. The molecule has 0 spiro atoms. The Balaban J connectivity index is 2.47. The highest BCUT2D eigenvalue weighted by Gasteiger charge is 2.39. The predicted octanol–water partition coefficient (Wildman–Crippen LogP) is 0.812. The molecule has 4 heteroatoms. The molecule has 17 heavy (non-hydrogen) atoms. The Hall–Kier alpha value is -1.81. The largest absolute Gasteiger partial charge is 0.308 e. The topological polar surface area (TPSA) is 54.5 Å². The van der Waals surface area contributed by atoms with Gasteiger partial charge in [0.05, 0.1) is 0 Å². The summed E-state index contributed by atoms with van der Waals surface area (Å²) in [6, 6.07) is 6.49. The molecule has 0 bridgehead atoms. The second kappa shape index (κ2) is 4.22. The minimum Gasteiger partial charge on any atom is -0.308 e. The first-order valence-corrected chi connectivity index (χ1v) is 5.39. The van der Waals surface area contributed by atoms with E-state index in [1.54, 1.807) is 37.2 Å². The Bertz CT molecular complexity index is 505. The molecule has 0 N–H and O–H groups in total. The van der Waals surface area contributed by atoms with Gasteiger partial charge in [0.1, 0.15) is 5.92 Å². The zero-order valence-electron chi connectivity index (χ0n) is 9.77. The summed E-state index contributed by atoms with van der Waals surface area (Å²) >= 11 is 0. The molecule has 0 saturated heterocycles. The Labute approximate surface area is 99.2 Å². The number of hydrogen-bond acceptors (Lipinski definition) is 4. The van der Waals surface area contributed by atoms with Crippen molar-refractivity contribution in [2.75, 3.05) is 20.6 Å². The van der Waals surface area contributed by atoms with E-state index in [0.29, 0.717) is 5.56 Å². The van der Waals surface area contributed by atoms with Gasteiger partial charge in [-0.15, -0.1) is 0 Å². The van der Waals surface area contributed by atoms with Crippen molar-refractivity contribution in [3.8, 4) is 0 Å². The van der Waals surface area contributed by atoms with Crippen LogP contribution in [0.3, 0.4) is 0 Å². The number of carbonyl (C=O) groups is 3. The Morgan fingerprint density at radius 2 is 1.59 bits per heavy atom. The van der Waals surface area contributed by atoms with Gasteiger partial charge in [-0.1, -0.05) is 24.3 Å². The van der Waals surface area contributed by atoms with E-state index >= 15 is 0 Å². The number of carbonyl (C=O) groups excluding carboxylic acids is 3. The summed E-state index contributed by atoms with van der Waals surface area (Å²) in [6.45, 7) is 0.276. The minimum absolute atomic E-state index is 0.234. The number of nitrogens with zero attached hydrogens (tertiary/aromatic N) is 1. The van der Waals surface area contributed by atoms with Crippen molar-refractivity contribution in [2.45, 2.75) is 0 Å². The van der Waals surface area contributed by atoms with Crippen LogP contribution < -0.4 is 0 Å². The highest BCUT2D eigenvalue weighted by molar-refractivity contribution is 6.51. The number of ketones is 3. The Morgan fingerprint density at radius 1 is 1.00 bits per heavy atom. The number of rotatable bonds is 2. The van der Waals surface area contributed by atoms with Crippen LogP contribution in [0.2, 0.25) is 0 Å². The van der Waals surface area contributed by atoms with Crippen LogP contribution in [-0.4, -0.2) is 42.9 Å². The van der Waals surface area contributed by atoms with Crippen molar-refractivity contribution in [2.24, 2.45) is 5.92 Å². The highest BCUT2D eigenvalue weighted by atomic mass is 16.2. The quantitative estimate of drug-likeness (QED) is 0.558. The molecule has 0 radical (unpaired) electrons. The fraction of sp³-hybridized carbons (Fsp3) is 0.308. The fourth-order valence-corrected chi connectivity index (χ4v) is 2.02. The van der Waals surface area contributed by atoms with E-state index in [1.165, 1.54) is 6.07 Å². The average molecular weight is 231 g/mol. The van der Waals surface area contributed by atoms with E-state index < -0.39 is 17.5 Å². The van der Waals surface area contributed by atoms with Crippen LogP contribution in [0.5, 0.6) is 0 Å². The lowest BCUT2D eigenvalue weighted by atomic mass is 9.80. The van der Waals surface area contributed by atoms with Gasteiger partial charge in [0.15, 0.2) is 5.78 Å². The van der Waals surface area contributed by atoms with Crippen molar-refractivity contribution < 1.29 is 14.4 Å². The van der Waals surface area contributed by atoms with Gasteiger partial charge in [0.2, 0.25) is 11.6 Å². The first-order valence-electron chi connectivity index (χ1n) is 5.39. The van der Waals surface area contributed by atoms with Crippen LogP contribution in [0.15, 0.2) is 24.3 Å². The maximum absolute atomic E-state index is 12.1. The summed E-state index contributed by atoms with van der Waals surface area (Å²) in [7, 11) is 3.54. The monoisotopic (exact) mass is 231 g/mol. The zero-order chi connectivity index (χ0) is 12.6. The molecular formula is C13H13NO3. The molecule has 0 saturated carbocycles.